The van der Waals surface area contributed by atoms with Gasteiger partial charge in [0.15, 0.2) is 25.2 Å². The Balaban J connectivity index is 0.982. The number of rotatable bonds is 22. The fourth-order valence-electron chi connectivity index (χ4n) is 17.2. The van der Waals surface area contributed by atoms with Gasteiger partial charge in [-0.2, -0.15) is 0 Å². The molecule has 0 radical (unpaired) electrons. The second kappa shape index (κ2) is 28.1. The second-order valence-electron chi connectivity index (χ2n) is 28.1. The number of carbonyl (C=O) groups excluding carboxylic acids is 1. The first kappa shape index (κ1) is 69.9. The Morgan fingerprint density at radius 1 is 0.593 bits per heavy atom. The molecule has 30 atom stereocenters. The van der Waals surface area contributed by atoms with Crippen molar-refractivity contribution in [3.05, 3.63) is 23.8 Å². The quantitative estimate of drug-likeness (QED) is 0.0230. The molecule has 0 spiro atoms. The number of hydrogen-bond donors (Lipinski definition) is 14. The van der Waals surface area contributed by atoms with Gasteiger partial charge in [-0.05, 0) is 137 Å². The molecule has 24 heteroatoms. The normalized spacial score (nSPS) is 48.4. The first-order valence-corrected chi connectivity index (χ1v) is 31.5. The van der Waals surface area contributed by atoms with Crippen molar-refractivity contribution in [3.8, 4) is 0 Å². The zero-order valence-electron chi connectivity index (χ0n) is 51.6. The van der Waals surface area contributed by atoms with Gasteiger partial charge >= 0.3 is 5.97 Å². The molecule has 4 aliphatic heterocycles. The maximum atomic E-state index is 12.9. The smallest absolute Gasteiger partial charge is 0.330 e. The van der Waals surface area contributed by atoms with Crippen molar-refractivity contribution in [1.29, 1.82) is 0 Å². The van der Waals surface area contributed by atoms with E-state index in [1.807, 2.05) is 20.8 Å². The highest BCUT2D eigenvalue weighted by Gasteiger charge is 2.72. The first-order valence-electron chi connectivity index (χ1n) is 31.5. The molecule has 496 valence electrons. The van der Waals surface area contributed by atoms with Crippen LogP contribution in [0.5, 0.6) is 0 Å². The van der Waals surface area contributed by atoms with Gasteiger partial charge in [-0.1, -0.05) is 72.1 Å². The lowest BCUT2D eigenvalue weighted by molar-refractivity contribution is -0.378. The van der Waals surface area contributed by atoms with Crippen LogP contribution in [0.15, 0.2) is 23.8 Å². The molecular weight excluding hydrogens is 1130 g/mol. The van der Waals surface area contributed by atoms with Crippen molar-refractivity contribution >= 4 is 5.97 Å². The predicted molar refractivity (Wildman–Crippen MR) is 303 cm³/mol. The Morgan fingerprint density at radius 3 is 1.78 bits per heavy atom. The molecule has 0 unspecified atom stereocenters. The summed E-state index contributed by atoms with van der Waals surface area (Å²) in [6, 6.07) is 0. The van der Waals surface area contributed by atoms with Crippen LogP contribution in [0.25, 0.3) is 0 Å². The molecule has 8 aliphatic rings. The number of aliphatic hydroxyl groups excluding tert-OH is 14. The third-order valence-electron chi connectivity index (χ3n) is 22.3. The zero-order chi connectivity index (χ0) is 63.2. The van der Waals surface area contributed by atoms with Gasteiger partial charge in [0.1, 0.15) is 104 Å². The van der Waals surface area contributed by atoms with E-state index in [2.05, 4.69) is 47.6 Å². The monoisotopic (exact) mass is 1230 g/mol. The SMILES string of the molecule is CCCCC/C=C/C(=O)OC[C@@H]1O[C@H](O[C@@H]2[C@@H](O[C@H]3CC[C@@]4(C)[C@@H](CC[C@@]5(C)[C@H]4C[C@H](O)[C@H]4[C@H]([C@](C)(CCC=C(C)C)O[C@H]6O[C@@H](CO[C@H]7O[C@@H](CO)[C@H](O)[C@@H](O)[C@@H]7O)[C@H](O)[C@@H](O)[C@@H]6O)CC[C@]45C)C3(C)C)O[C@@H](CO)[C@H](O)[C@H]2O)[C@@H](O)[C@H](O)[C@H]1O. The van der Waals surface area contributed by atoms with Crippen molar-refractivity contribution in [1.82, 2.24) is 0 Å². The number of aliphatic hydroxyl groups is 14. The summed E-state index contributed by atoms with van der Waals surface area (Å²) >= 11 is 0. The van der Waals surface area contributed by atoms with Gasteiger partial charge in [0.25, 0.3) is 0 Å². The average molecular weight is 1230 g/mol. The highest BCUT2D eigenvalue weighted by atomic mass is 16.8. The largest absolute Gasteiger partial charge is 0.460 e. The lowest BCUT2D eigenvalue weighted by Gasteiger charge is -2.71. The fourth-order valence-corrected chi connectivity index (χ4v) is 17.2. The molecule has 4 saturated carbocycles. The second-order valence-corrected chi connectivity index (χ2v) is 28.1. The number of ether oxygens (including phenoxy) is 9. The van der Waals surface area contributed by atoms with Gasteiger partial charge in [0, 0.05) is 6.08 Å². The maximum absolute atomic E-state index is 12.9. The van der Waals surface area contributed by atoms with Crippen molar-refractivity contribution in [2.24, 2.45) is 45.3 Å². The molecule has 0 bridgehead atoms. The zero-order valence-corrected chi connectivity index (χ0v) is 51.6. The van der Waals surface area contributed by atoms with Crippen LogP contribution in [-0.4, -0.2) is 245 Å². The van der Waals surface area contributed by atoms with Crippen LogP contribution >= 0.6 is 0 Å². The van der Waals surface area contributed by atoms with Crippen LogP contribution < -0.4 is 0 Å². The van der Waals surface area contributed by atoms with E-state index in [4.69, 9.17) is 42.6 Å². The summed E-state index contributed by atoms with van der Waals surface area (Å²) in [5.74, 6) is -1.25. The van der Waals surface area contributed by atoms with Gasteiger partial charge in [-0.15, -0.1) is 0 Å². The Hall–Kier alpha value is -1.93. The summed E-state index contributed by atoms with van der Waals surface area (Å²) in [6.45, 7) is 16.8. The van der Waals surface area contributed by atoms with Crippen molar-refractivity contribution < 1.29 is 119 Å². The summed E-state index contributed by atoms with van der Waals surface area (Å²) in [6.07, 6.45) is -19.3. The number of esters is 1. The third-order valence-corrected chi connectivity index (χ3v) is 22.3. The molecule has 0 aromatic rings. The minimum atomic E-state index is -1.87. The van der Waals surface area contributed by atoms with Crippen molar-refractivity contribution in [3.63, 3.8) is 0 Å². The molecule has 86 heavy (non-hydrogen) atoms. The molecular formula is C62H104O24. The summed E-state index contributed by atoms with van der Waals surface area (Å²) < 4.78 is 55.0. The molecule has 24 nitrogen and oxygen atoms in total. The molecule has 0 aromatic heterocycles. The maximum Gasteiger partial charge on any atom is 0.330 e. The van der Waals surface area contributed by atoms with E-state index in [0.29, 0.717) is 44.9 Å². The van der Waals surface area contributed by atoms with Gasteiger partial charge in [-0.25, -0.2) is 4.79 Å². The van der Waals surface area contributed by atoms with Crippen LogP contribution in [0.3, 0.4) is 0 Å². The molecule has 4 saturated heterocycles. The van der Waals surface area contributed by atoms with E-state index in [1.54, 1.807) is 6.08 Å². The number of allylic oxidation sites excluding steroid dienone is 3. The average Bonchev–Trinajstić information content (AvgIpc) is 1.23. The van der Waals surface area contributed by atoms with Crippen molar-refractivity contribution in [2.45, 2.75) is 286 Å². The summed E-state index contributed by atoms with van der Waals surface area (Å²) in [5.41, 5.74) is -1.70. The highest BCUT2D eigenvalue weighted by molar-refractivity contribution is 5.81. The van der Waals surface area contributed by atoms with Gasteiger partial charge < -0.3 is 114 Å². The van der Waals surface area contributed by atoms with E-state index in [1.165, 1.54) is 6.08 Å². The highest BCUT2D eigenvalue weighted by Crippen LogP contribution is 2.76. The van der Waals surface area contributed by atoms with Crippen molar-refractivity contribution in [2.75, 3.05) is 26.4 Å². The third kappa shape index (κ3) is 13.5. The Labute approximate surface area is 505 Å². The molecule has 14 N–H and O–H groups in total. The van der Waals surface area contributed by atoms with Gasteiger partial charge in [-0.3, -0.25) is 0 Å². The van der Waals surface area contributed by atoms with Crippen LogP contribution in [0.1, 0.15) is 146 Å². The number of fused-ring (bicyclic) bond motifs is 5. The molecule has 4 heterocycles. The van der Waals surface area contributed by atoms with E-state index in [0.717, 1.165) is 44.1 Å². The lowest BCUT2D eigenvalue weighted by atomic mass is 9.35. The van der Waals surface area contributed by atoms with Gasteiger partial charge in [0.05, 0.1) is 37.6 Å². The number of unbranched alkanes of at least 4 members (excludes halogenated alkanes) is 3. The van der Waals surface area contributed by atoms with Crippen LogP contribution in [0, 0.1) is 45.3 Å². The van der Waals surface area contributed by atoms with E-state index in [9.17, 15) is 76.3 Å². The molecule has 8 rings (SSSR count). The van der Waals surface area contributed by atoms with E-state index in [-0.39, 0.29) is 34.5 Å². The first-order chi connectivity index (χ1) is 40.4. The summed E-state index contributed by atoms with van der Waals surface area (Å²) in [7, 11) is 0. The van der Waals surface area contributed by atoms with E-state index < -0.39 is 184 Å². The lowest BCUT2D eigenvalue weighted by Crippen LogP contribution is -2.68. The fraction of sp³-hybridized carbons (Fsp3) is 0.919. The molecule has 0 amide bonds. The van der Waals surface area contributed by atoms with E-state index >= 15 is 0 Å². The topological polar surface area (TPSA) is 383 Å². The summed E-state index contributed by atoms with van der Waals surface area (Å²) in [4.78, 5) is 12.5. The Bertz CT molecular complexity index is 2270. The predicted octanol–water partition coefficient (Wildman–Crippen LogP) is 0.485. The number of hydrogen-bond acceptors (Lipinski definition) is 24. The molecule has 0 aromatic carbocycles. The summed E-state index contributed by atoms with van der Waals surface area (Å²) in [5, 5.41) is 154. The van der Waals surface area contributed by atoms with Crippen LogP contribution in [0.4, 0.5) is 0 Å². The minimum absolute atomic E-state index is 0.0142. The molecule has 8 fully saturated rings. The Morgan fingerprint density at radius 2 is 1.15 bits per heavy atom. The van der Waals surface area contributed by atoms with Gasteiger partial charge in [0.2, 0.25) is 0 Å². The standard InChI is InChI=1S/C62H104O24/c1-10-11-12-13-14-17-40(66)78-28-35-44(69)47(72)51(76)55(82-35)85-53-49(74)43(68)34(27-64)81-57(53)84-39-20-22-59(6)37(58(39,4)5)19-24-60(7)38(59)25-32(65)41-31(18-23-61(41,60)8)62(9,21-15-16-30(2)3)86-56-52(77)48(73)45(70)36(83-56)29-79-54-50(75)46(71)42(67)33(26-63)80-54/h14,16-17,31-39,41-57,63-65,67-77H,10-13,15,18-29H2,1-9H3/b17-14+/t31-,32+,33+,34+,35+,36+,37+,38+,39+,41-,42+,43+,44+,45+,46-,47-,48-,49-,50+,51+,52+,53+,54+,55-,56-,57-,59+,60+,61-,62+/m1/s1. The van der Waals surface area contributed by atoms with Crippen LogP contribution in [0.2, 0.25) is 0 Å². The number of carbonyl (C=O) groups is 1. The molecule has 4 aliphatic carbocycles. The Kier molecular flexibility index (Phi) is 22.9. The van der Waals surface area contributed by atoms with Crippen LogP contribution in [-0.2, 0) is 47.4 Å². The minimum Gasteiger partial charge on any atom is -0.460 e.